The second-order valence-electron chi connectivity index (χ2n) is 4.48. The molecule has 1 aromatic carbocycles. The maximum Gasteiger partial charge on any atom is 0.126 e. The molecule has 0 saturated carbocycles. The summed E-state index contributed by atoms with van der Waals surface area (Å²) in [5, 5.41) is 11.9. The van der Waals surface area contributed by atoms with Gasteiger partial charge in [-0.05, 0) is 52.2 Å². The fourth-order valence-corrected chi connectivity index (χ4v) is 1.55. The van der Waals surface area contributed by atoms with Gasteiger partial charge in [0.2, 0.25) is 0 Å². The van der Waals surface area contributed by atoms with Crippen LogP contribution in [0, 0.1) is 17.1 Å². The third-order valence-corrected chi connectivity index (χ3v) is 2.45. The molecule has 1 rings (SSSR count). The predicted molar refractivity (Wildman–Crippen MR) is 67.4 cm³/mol. The fourth-order valence-electron chi connectivity index (χ4n) is 1.55. The van der Waals surface area contributed by atoms with E-state index in [1.807, 2.05) is 27.1 Å². The number of rotatable bonds is 5. The van der Waals surface area contributed by atoms with Crippen LogP contribution in [0.5, 0.6) is 0 Å². The number of hydrogen-bond acceptors (Lipinski definition) is 3. The minimum Gasteiger partial charge on any atom is -0.382 e. The van der Waals surface area contributed by atoms with Crippen molar-refractivity contribution in [2.45, 2.75) is 19.4 Å². The Kier molecular flexibility index (Phi) is 4.92. The fraction of sp³-hybridized carbons (Fsp3) is 0.462. The summed E-state index contributed by atoms with van der Waals surface area (Å²) >= 11 is 0. The van der Waals surface area contributed by atoms with E-state index < -0.39 is 0 Å². The quantitative estimate of drug-likeness (QED) is 0.852. The molecule has 0 aromatic heterocycles. The number of nitriles is 1. The molecular weight excluding hydrogens is 217 g/mol. The van der Waals surface area contributed by atoms with Crippen molar-refractivity contribution in [2.75, 3.05) is 26.0 Å². The molecule has 0 heterocycles. The largest absolute Gasteiger partial charge is 0.382 e. The third kappa shape index (κ3) is 4.83. The molecule has 1 unspecified atom stereocenters. The number of hydrogen-bond donors (Lipinski definition) is 1. The van der Waals surface area contributed by atoms with Gasteiger partial charge in [-0.15, -0.1) is 0 Å². The van der Waals surface area contributed by atoms with Crippen LogP contribution in [-0.2, 0) is 0 Å². The lowest BCUT2D eigenvalue weighted by Crippen LogP contribution is -2.23. The molecule has 0 bridgehead atoms. The van der Waals surface area contributed by atoms with Crippen molar-refractivity contribution in [3.8, 4) is 6.07 Å². The monoisotopic (exact) mass is 235 g/mol. The summed E-state index contributed by atoms with van der Waals surface area (Å²) in [7, 11) is 4.03. The molecule has 0 fully saturated rings. The molecule has 0 aliphatic carbocycles. The van der Waals surface area contributed by atoms with Gasteiger partial charge in [-0.3, -0.25) is 0 Å². The van der Waals surface area contributed by atoms with Crippen LogP contribution in [0.4, 0.5) is 10.1 Å². The van der Waals surface area contributed by atoms with E-state index in [9.17, 15) is 4.39 Å². The van der Waals surface area contributed by atoms with Crippen molar-refractivity contribution in [2.24, 2.45) is 0 Å². The number of halogens is 1. The second kappa shape index (κ2) is 6.21. The number of anilines is 1. The first-order valence-electron chi connectivity index (χ1n) is 5.63. The number of benzene rings is 1. The Hall–Kier alpha value is -1.60. The van der Waals surface area contributed by atoms with Crippen molar-refractivity contribution in [1.29, 1.82) is 5.26 Å². The van der Waals surface area contributed by atoms with Gasteiger partial charge in [-0.25, -0.2) is 4.39 Å². The predicted octanol–water partition coefficient (Wildman–Crippen LogP) is 2.45. The summed E-state index contributed by atoms with van der Waals surface area (Å²) in [6.45, 7) is 3.01. The average Bonchev–Trinajstić information content (AvgIpc) is 2.25. The van der Waals surface area contributed by atoms with Crippen molar-refractivity contribution >= 4 is 5.69 Å². The van der Waals surface area contributed by atoms with Crippen LogP contribution >= 0.6 is 0 Å². The Balaban J connectivity index is 2.62. The molecule has 0 saturated heterocycles. The SMILES string of the molecule is CC(CCN(C)C)Nc1cc(F)cc(C#N)c1. The molecule has 92 valence electrons. The third-order valence-electron chi connectivity index (χ3n) is 2.45. The maximum absolute atomic E-state index is 13.2. The Morgan fingerprint density at radius 2 is 2.12 bits per heavy atom. The molecule has 0 spiro atoms. The van der Waals surface area contributed by atoms with Crippen LogP contribution in [-0.4, -0.2) is 31.6 Å². The molecule has 0 radical (unpaired) electrons. The second-order valence-corrected chi connectivity index (χ2v) is 4.48. The van der Waals surface area contributed by atoms with Gasteiger partial charge in [0.15, 0.2) is 0 Å². The maximum atomic E-state index is 13.2. The van der Waals surface area contributed by atoms with Crippen LogP contribution in [0.1, 0.15) is 18.9 Å². The van der Waals surface area contributed by atoms with Crippen LogP contribution in [0.3, 0.4) is 0 Å². The van der Waals surface area contributed by atoms with Gasteiger partial charge in [0.1, 0.15) is 5.82 Å². The summed E-state index contributed by atoms with van der Waals surface area (Å²) in [6.07, 6.45) is 0.964. The summed E-state index contributed by atoms with van der Waals surface area (Å²) in [6, 6.07) is 6.49. The average molecular weight is 235 g/mol. The van der Waals surface area contributed by atoms with Gasteiger partial charge in [0.05, 0.1) is 11.6 Å². The van der Waals surface area contributed by atoms with Gasteiger partial charge in [-0.1, -0.05) is 0 Å². The highest BCUT2D eigenvalue weighted by molar-refractivity contribution is 5.50. The zero-order valence-electron chi connectivity index (χ0n) is 10.5. The number of nitrogens with zero attached hydrogens (tertiary/aromatic N) is 2. The minimum atomic E-state index is -0.383. The van der Waals surface area contributed by atoms with Gasteiger partial charge in [0, 0.05) is 11.7 Å². The Labute approximate surface area is 102 Å². The van der Waals surface area contributed by atoms with Gasteiger partial charge < -0.3 is 10.2 Å². The molecule has 0 aliphatic rings. The van der Waals surface area contributed by atoms with Crippen LogP contribution in [0.15, 0.2) is 18.2 Å². The van der Waals surface area contributed by atoms with Crippen molar-refractivity contribution < 1.29 is 4.39 Å². The standard InChI is InChI=1S/C13H18FN3/c1-10(4-5-17(2)3)16-13-7-11(9-15)6-12(14)8-13/h6-8,10,16H,4-5H2,1-3H3. The molecule has 0 aliphatic heterocycles. The van der Waals surface area contributed by atoms with Crippen molar-refractivity contribution in [3.05, 3.63) is 29.6 Å². The molecule has 17 heavy (non-hydrogen) atoms. The smallest absolute Gasteiger partial charge is 0.126 e. The van der Waals surface area contributed by atoms with E-state index in [1.54, 1.807) is 6.07 Å². The van der Waals surface area contributed by atoms with E-state index in [2.05, 4.69) is 10.2 Å². The Bertz CT molecular complexity index is 410. The Morgan fingerprint density at radius 1 is 1.41 bits per heavy atom. The van der Waals surface area contributed by atoms with Crippen LogP contribution < -0.4 is 5.32 Å². The molecule has 3 nitrogen and oxygen atoms in total. The molecule has 4 heteroatoms. The highest BCUT2D eigenvalue weighted by atomic mass is 19.1. The first-order chi connectivity index (χ1) is 8.01. The van der Waals surface area contributed by atoms with Crippen molar-refractivity contribution in [3.63, 3.8) is 0 Å². The van der Waals surface area contributed by atoms with Crippen molar-refractivity contribution in [1.82, 2.24) is 4.90 Å². The minimum absolute atomic E-state index is 0.241. The summed E-state index contributed by atoms with van der Waals surface area (Å²) in [5.74, 6) is -0.383. The molecule has 1 N–H and O–H groups in total. The summed E-state index contributed by atoms with van der Waals surface area (Å²) < 4.78 is 13.2. The van der Waals surface area contributed by atoms with Gasteiger partial charge in [-0.2, -0.15) is 5.26 Å². The van der Waals surface area contributed by atoms with Crippen LogP contribution in [0.25, 0.3) is 0 Å². The molecule has 1 atom stereocenters. The van der Waals surface area contributed by atoms with Gasteiger partial charge in [0.25, 0.3) is 0 Å². The summed E-state index contributed by atoms with van der Waals surface area (Å²) in [4.78, 5) is 2.10. The lowest BCUT2D eigenvalue weighted by Gasteiger charge is -2.18. The van der Waals surface area contributed by atoms with E-state index in [0.29, 0.717) is 11.3 Å². The Morgan fingerprint density at radius 3 is 2.71 bits per heavy atom. The van der Waals surface area contributed by atoms with E-state index in [0.717, 1.165) is 13.0 Å². The topological polar surface area (TPSA) is 39.1 Å². The van der Waals surface area contributed by atoms with E-state index in [4.69, 9.17) is 5.26 Å². The first-order valence-corrected chi connectivity index (χ1v) is 5.63. The first kappa shape index (κ1) is 13.5. The zero-order valence-corrected chi connectivity index (χ0v) is 10.5. The van der Waals surface area contributed by atoms with E-state index in [1.165, 1.54) is 12.1 Å². The highest BCUT2D eigenvalue weighted by Gasteiger charge is 2.05. The zero-order chi connectivity index (χ0) is 12.8. The molecular formula is C13H18FN3. The van der Waals surface area contributed by atoms with Gasteiger partial charge >= 0.3 is 0 Å². The van der Waals surface area contributed by atoms with Crippen LogP contribution in [0.2, 0.25) is 0 Å². The number of nitrogens with one attached hydrogen (secondary N) is 1. The van der Waals surface area contributed by atoms with E-state index in [-0.39, 0.29) is 11.9 Å². The summed E-state index contributed by atoms with van der Waals surface area (Å²) in [5.41, 5.74) is 1.00. The lowest BCUT2D eigenvalue weighted by molar-refractivity contribution is 0.390. The normalized spacial score (nSPS) is 12.2. The van der Waals surface area contributed by atoms with E-state index >= 15 is 0 Å². The molecule has 1 aromatic rings. The lowest BCUT2D eigenvalue weighted by atomic mass is 10.1. The molecule has 0 amide bonds. The highest BCUT2D eigenvalue weighted by Crippen LogP contribution is 2.15.